The number of hydrogen-bond donors (Lipinski definition) is 1. The second kappa shape index (κ2) is 5.03. The van der Waals surface area contributed by atoms with Crippen LogP contribution in [0.15, 0.2) is 16.9 Å². The number of rotatable bonds is 2. The van der Waals surface area contributed by atoms with Crippen LogP contribution in [0.3, 0.4) is 0 Å². The third-order valence-electron chi connectivity index (χ3n) is 2.28. The molecule has 7 heteroatoms. The molecule has 0 aromatic carbocycles. The van der Waals surface area contributed by atoms with Gasteiger partial charge in [0.1, 0.15) is 10.5 Å². The van der Waals surface area contributed by atoms with Gasteiger partial charge >= 0.3 is 6.18 Å². The van der Waals surface area contributed by atoms with E-state index in [4.69, 9.17) is 0 Å². The van der Waals surface area contributed by atoms with Crippen molar-refractivity contribution in [2.45, 2.75) is 20.0 Å². The minimum absolute atomic E-state index is 0.313. The summed E-state index contributed by atoms with van der Waals surface area (Å²) in [6.07, 6.45) is -3.15. The van der Waals surface area contributed by atoms with Gasteiger partial charge in [-0.1, -0.05) is 0 Å². The SMILES string of the molecule is Cc1c(NC(=O)C(C)C(F)(F)F)ccnc1Br. The molecule has 1 heterocycles. The highest BCUT2D eigenvalue weighted by atomic mass is 79.9. The standard InChI is InChI=1S/C10H10BrF3N2O/c1-5-7(3-4-15-8(5)11)16-9(17)6(2)10(12,13)14/h3-4,6H,1-2H3,(H,15,16,17). The van der Waals surface area contributed by atoms with Crippen molar-refractivity contribution in [2.24, 2.45) is 5.92 Å². The van der Waals surface area contributed by atoms with Gasteiger partial charge in [-0.05, 0) is 35.8 Å². The average Bonchev–Trinajstić information content (AvgIpc) is 2.22. The third-order valence-corrected chi connectivity index (χ3v) is 3.08. The fourth-order valence-electron chi connectivity index (χ4n) is 1.04. The van der Waals surface area contributed by atoms with Crippen molar-refractivity contribution in [3.63, 3.8) is 0 Å². The van der Waals surface area contributed by atoms with E-state index in [0.29, 0.717) is 15.9 Å². The van der Waals surface area contributed by atoms with Gasteiger partial charge in [0.25, 0.3) is 0 Å². The molecule has 0 bridgehead atoms. The normalized spacial score (nSPS) is 13.3. The predicted molar refractivity (Wildman–Crippen MR) is 60.5 cm³/mol. The molecule has 0 spiro atoms. The maximum atomic E-state index is 12.3. The molecule has 0 aliphatic heterocycles. The first-order valence-electron chi connectivity index (χ1n) is 4.72. The Morgan fingerprint density at radius 3 is 2.65 bits per heavy atom. The fraction of sp³-hybridized carbons (Fsp3) is 0.400. The molecule has 1 aromatic heterocycles. The molecule has 1 N–H and O–H groups in total. The van der Waals surface area contributed by atoms with Gasteiger partial charge in [-0.15, -0.1) is 0 Å². The number of carbonyl (C=O) groups is 1. The largest absolute Gasteiger partial charge is 0.400 e. The molecule has 0 saturated carbocycles. The van der Waals surface area contributed by atoms with E-state index in [9.17, 15) is 18.0 Å². The van der Waals surface area contributed by atoms with Crippen LogP contribution in [0.1, 0.15) is 12.5 Å². The monoisotopic (exact) mass is 310 g/mol. The second-order valence-electron chi connectivity index (χ2n) is 3.53. The van der Waals surface area contributed by atoms with Crippen LogP contribution >= 0.6 is 15.9 Å². The summed E-state index contributed by atoms with van der Waals surface area (Å²) < 4.78 is 37.4. The number of hydrogen-bond acceptors (Lipinski definition) is 2. The summed E-state index contributed by atoms with van der Waals surface area (Å²) in [7, 11) is 0. The topological polar surface area (TPSA) is 42.0 Å². The number of pyridine rings is 1. The lowest BCUT2D eigenvalue weighted by molar-refractivity contribution is -0.175. The highest BCUT2D eigenvalue weighted by Gasteiger charge is 2.41. The van der Waals surface area contributed by atoms with E-state index >= 15 is 0 Å². The number of nitrogens with zero attached hydrogens (tertiary/aromatic N) is 1. The summed E-state index contributed by atoms with van der Waals surface area (Å²) in [5, 5.41) is 2.23. The van der Waals surface area contributed by atoms with Gasteiger partial charge in [0.15, 0.2) is 0 Å². The molecule has 1 unspecified atom stereocenters. The molecule has 1 atom stereocenters. The van der Waals surface area contributed by atoms with Crippen LogP contribution in [0.5, 0.6) is 0 Å². The highest BCUT2D eigenvalue weighted by molar-refractivity contribution is 9.10. The van der Waals surface area contributed by atoms with Gasteiger partial charge < -0.3 is 5.32 Å². The van der Waals surface area contributed by atoms with Gasteiger partial charge in [-0.2, -0.15) is 13.2 Å². The van der Waals surface area contributed by atoms with Crippen LogP contribution in [0.4, 0.5) is 18.9 Å². The van der Waals surface area contributed by atoms with Crippen LogP contribution in [0.25, 0.3) is 0 Å². The fourth-order valence-corrected chi connectivity index (χ4v) is 1.37. The summed E-state index contributed by atoms with van der Waals surface area (Å²) in [6, 6.07) is 1.45. The summed E-state index contributed by atoms with van der Waals surface area (Å²) in [5.74, 6) is -3.13. The smallest absolute Gasteiger partial charge is 0.325 e. The maximum absolute atomic E-state index is 12.3. The Morgan fingerprint density at radius 1 is 1.53 bits per heavy atom. The molecule has 0 fully saturated rings. The minimum atomic E-state index is -4.54. The molecule has 1 aromatic rings. The molecule has 94 valence electrons. The Morgan fingerprint density at radius 2 is 2.12 bits per heavy atom. The predicted octanol–water partition coefficient (Wildman–Crippen LogP) is 3.29. The lowest BCUT2D eigenvalue weighted by Gasteiger charge is -2.16. The first-order valence-corrected chi connectivity index (χ1v) is 5.51. The molecule has 0 aliphatic rings. The zero-order valence-electron chi connectivity index (χ0n) is 9.10. The Balaban J connectivity index is 2.86. The number of halogens is 4. The van der Waals surface area contributed by atoms with Crippen LogP contribution in [0.2, 0.25) is 0 Å². The van der Waals surface area contributed by atoms with Crippen LogP contribution in [-0.4, -0.2) is 17.1 Å². The zero-order chi connectivity index (χ0) is 13.2. The minimum Gasteiger partial charge on any atom is -0.325 e. The maximum Gasteiger partial charge on any atom is 0.400 e. The van der Waals surface area contributed by atoms with E-state index in [1.165, 1.54) is 12.3 Å². The van der Waals surface area contributed by atoms with Gasteiger partial charge in [0, 0.05) is 17.4 Å². The quantitative estimate of drug-likeness (QED) is 0.852. The first kappa shape index (κ1) is 14.0. The second-order valence-corrected chi connectivity index (χ2v) is 4.28. The van der Waals surface area contributed by atoms with Crippen molar-refractivity contribution in [1.29, 1.82) is 0 Å². The van der Waals surface area contributed by atoms with E-state index in [1.54, 1.807) is 6.92 Å². The number of anilines is 1. The summed E-state index contributed by atoms with van der Waals surface area (Å²) in [6.45, 7) is 2.46. The van der Waals surface area contributed by atoms with E-state index in [2.05, 4.69) is 26.2 Å². The molecule has 1 amide bonds. The Kier molecular flexibility index (Phi) is 4.13. The van der Waals surface area contributed by atoms with Gasteiger partial charge in [0.2, 0.25) is 5.91 Å². The van der Waals surface area contributed by atoms with Gasteiger partial charge in [-0.3, -0.25) is 4.79 Å². The first-order chi connectivity index (χ1) is 7.73. The zero-order valence-corrected chi connectivity index (χ0v) is 10.7. The Labute approximate surface area is 105 Å². The van der Waals surface area contributed by atoms with E-state index in [0.717, 1.165) is 6.92 Å². The van der Waals surface area contributed by atoms with Crippen molar-refractivity contribution in [3.05, 3.63) is 22.4 Å². The lowest BCUT2D eigenvalue weighted by Crippen LogP contribution is -2.32. The molecule has 17 heavy (non-hydrogen) atoms. The number of carbonyl (C=O) groups excluding carboxylic acids is 1. The number of nitrogens with one attached hydrogen (secondary N) is 1. The van der Waals surface area contributed by atoms with Crippen LogP contribution in [-0.2, 0) is 4.79 Å². The van der Waals surface area contributed by atoms with Crippen LogP contribution in [0, 0.1) is 12.8 Å². The molecule has 0 aliphatic carbocycles. The van der Waals surface area contributed by atoms with Crippen LogP contribution < -0.4 is 5.32 Å². The lowest BCUT2D eigenvalue weighted by atomic mass is 10.1. The number of aromatic nitrogens is 1. The molecule has 0 radical (unpaired) electrons. The number of amides is 1. The van der Waals surface area contributed by atoms with Gasteiger partial charge in [-0.25, -0.2) is 4.98 Å². The molecule has 3 nitrogen and oxygen atoms in total. The van der Waals surface area contributed by atoms with E-state index in [-0.39, 0.29) is 0 Å². The Hall–Kier alpha value is -1.11. The van der Waals surface area contributed by atoms with Crippen molar-refractivity contribution in [1.82, 2.24) is 4.98 Å². The Bertz CT molecular complexity index is 434. The summed E-state index contributed by atoms with van der Waals surface area (Å²) in [4.78, 5) is 15.2. The number of alkyl halides is 3. The van der Waals surface area contributed by atoms with E-state index in [1.807, 2.05) is 0 Å². The highest BCUT2D eigenvalue weighted by Crippen LogP contribution is 2.28. The molecule has 1 rings (SSSR count). The molecular formula is C10H10BrF3N2O. The molecule has 0 saturated heterocycles. The van der Waals surface area contributed by atoms with Crippen molar-refractivity contribution in [3.8, 4) is 0 Å². The van der Waals surface area contributed by atoms with Crippen molar-refractivity contribution in [2.75, 3.05) is 5.32 Å². The molecular weight excluding hydrogens is 301 g/mol. The van der Waals surface area contributed by atoms with Crippen molar-refractivity contribution >= 4 is 27.5 Å². The summed E-state index contributed by atoms with van der Waals surface area (Å²) >= 11 is 3.13. The van der Waals surface area contributed by atoms with Crippen molar-refractivity contribution < 1.29 is 18.0 Å². The third kappa shape index (κ3) is 3.42. The summed E-state index contributed by atoms with van der Waals surface area (Å²) in [5.41, 5.74) is 0.892. The average molecular weight is 311 g/mol. The van der Waals surface area contributed by atoms with E-state index < -0.39 is 18.0 Å². The van der Waals surface area contributed by atoms with Gasteiger partial charge in [0.05, 0.1) is 0 Å².